The van der Waals surface area contributed by atoms with E-state index in [-0.39, 0.29) is 17.4 Å². The molecule has 2 rings (SSSR count). The highest BCUT2D eigenvalue weighted by atomic mass is 19.1. The van der Waals surface area contributed by atoms with Crippen LogP contribution in [0.15, 0.2) is 18.2 Å². The largest absolute Gasteiger partial charge is 0.379 e. The number of hydrogen-bond donors (Lipinski definition) is 1. The average Bonchev–Trinajstić information content (AvgIpc) is 2.52. The van der Waals surface area contributed by atoms with Crippen molar-refractivity contribution in [2.24, 2.45) is 0 Å². The van der Waals surface area contributed by atoms with Crippen LogP contribution in [0.5, 0.6) is 0 Å². The molecule has 1 N–H and O–H groups in total. The fraction of sp³-hybridized carbons (Fsp3) is 0.588. The van der Waals surface area contributed by atoms with Crippen molar-refractivity contribution in [3.05, 3.63) is 35.1 Å². The molecular weight excluding hydrogens is 283 g/mol. The van der Waals surface area contributed by atoms with Gasteiger partial charge in [-0.25, -0.2) is 4.39 Å². The SMILES string of the molecule is CC(C)c1ccc(C(=O)NCCCN2CCOCC2)c(F)c1. The maximum Gasteiger partial charge on any atom is 0.254 e. The predicted octanol–water partition coefficient (Wildman–Crippen LogP) is 2.40. The minimum atomic E-state index is -0.447. The summed E-state index contributed by atoms with van der Waals surface area (Å²) in [6.45, 7) is 8.93. The fourth-order valence-electron chi connectivity index (χ4n) is 2.50. The molecule has 0 unspecified atom stereocenters. The van der Waals surface area contributed by atoms with Gasteiger partial charge in [0.15, 0.2) is 0 Å². The number of halogens is 1. The van der Waals surface area contributed by atoms with Gasteiger partial charge in [0, 0.05) is 19.6 Å². The molecule has 0 saturated carbocycles. The van der Waals surface area contributed by atoms with Gasteiger partial charge in [-0.3, -0.25) is 9.69 Å². The topological polar surface area (TPSA) is 41.6 Å². The van der Waals surface area contributed by atoms with Crippen LogP contribution >= 0.6 is 0 Å². The highest BCUT2D eigenvalue weighted by molar-refractivity contribution is 5.94. The molecule has 1 fully saturated rings. The van der Waals surface area contributed by atoms with E-state index in [2.05, 4.69) is 10.2 Å². The fourth-order valence-corrected chi connectivity index (χ4v) is 2.50. The third-order valence-electron chi connectivity index (χ3n) is 3.94. The summed E-state index contributed by atoms with van der Waals surface area (Å²) < 4.78 is 19.3. The number of nitrogens with zero attached hydrogens (tertiary/aromatic N) is 1. The molecule has 1 saturated heterocycles. The third-order valence-corrected chi connectivity index (χ3v) is 3.94. The molecule has 0 aliphatic carbocycles. The minimum Gasteiger partial charge on any atom is -0.379 e. The summed E-state index contributed by atoms with van der Waals surface area (Å²) in [5, 5.41) is 2.79. The molecule has 1 aliphatic heterocycles. The Labute approximate surface area is 131 Å². The van der Waals surface area contributed by atoms with E-state index in [0.717, 1.165) is 44.8 Å². The van der Waals surface area contributed by atoms with Gasteiger partial charge in [-0.05, 0) is 36.6 Å². The van der Waals surface area contributed by atoms with Crippen LogP contribution in [0.4, 0.5) is 4.39 Å². The molecular formula is C17H25FN2O2. The van der Waals surface area contributed by atoms with Gasteiger partial charge in [0.2, 0.25) is 0 Å². The van der Waals surface area contributed by atoms with E-state index in [1.807, 2.05) is 19.9 Å². The first-order valence-electron chi connectivity index (χ1n) is 7.95. The van der Waals surface area contributed by atoms with Crippen molar-refractivity contribution in [2.45, 2.75) is 26.2 Å². The van der Waals surface area contributed by atoms with Gasteiger partial charge in [0.05, 0.1) is 18.8 Å². The summed E-state index contributed by atoms with van der Waals surface area (Å²) in [6, 6.07) is 4.84. The Balaban J connectivity index is 1.77. The number of rotatable bonds is 6. The number of hydrogen-bond acceptors (Lipinski definition) is 3. The maximum atomic E-state index is 14.0. The number of amides is 1. The van der Waals surface area contributed by atoms with Crippen molar-refractivity contribution < 1.29 is 13.9 Å². The number of benzene rings is 1. The Hall–Kier alpha value is -1.46. The summed E-state index contributed by atoms with van der Waals surface area (Å²) in [6.07, 6.45) is 0.859. The highest BCUT2D eigenvalue weighted by Crippen LogP contribution is 2.17. The van der Waals surface area contributed by atoms with E-state index < -0.39 is 5.82 Å². The number of nitrogens with one attached hydrogen (secondary N) is 1. The van der Waals surface area contributed by atoms with Gasteiger partial charge in [-0.2, -0.15) is 0 Å². The van der Waals surface area contributed by atoms with Crippen molar-refractivity contribution in [1.82, 2.24) is 10.2 Å². The Kier molecular flexibility index (Phi) is 6.34. The second kappa shape index (κ2) is 8.25. The molecule has 1 heterocycles. The van der Waals surface area contributed by atoms with E-state index in [1.54, 1.807) is 6.07 Å². The minimum absolute atomic E-state index is 0.121. The first kappa shape index (κ1) is 16.9. The van der Waals surface area contributed by atoms with Crippen LogP contribution in [-0.4, -0.2) is 50.2 Å². The van der Waals surface area contributed by atoms with Gasteiger partial charge in [0.1, 0.15) is 5.82 Å². The van der Waals surface area contributed by atoms with Gasteiger partial charge < -0.3 is 10.1 Å². The van der Waals surface area contributed by atoms with E-state index in [1.165, 1.54) is 6.07 Å². The summed E-state index contributed by atoms with van der Waals surface area (Å²) in [5.41, 5.74) is 1.03. The second-order valence-corrected chi connectivity index (χ2v) is 5.96. The van der Waals surface area contributed by atoms with Crippen LogP contribution < -0.4 is 5.32 Å². The predicted molar refractivity (Wildman–Crippen MR) is 84.7 cm³/mol. The lowest BCUT2D eigenvalue weighted by atomic mass is 10.0. The molecule has 0 aromatic heterocycles. The lowest BCUT2D eigenvalue weighted by Gasteiger charge is -2.26. The maximum absolute atomic E-state index is 14.0. The van der Waals surface area contributed by atoms with E-state index in [9.17, 15) is 9.18 Å². The first-order chi connectivity index (χ1) is 10.6. The molecule has 0 radical (unpaired) electrons. The van der Waals surface area contributed by atoms with E-state index in [4.69, 9.17) is 4.74 Å². The van der Waals surface area contributed by atoms with Crippen molar-refractivity contribution in [3.63, 3.8) is 0 Å². The van der Waals surface area contributed by atoms with Crippen LogP contribution in [0.3, 0.4) is 0 Å². The molecule has 0 bridgehead atoms. The number of morpholine rings is 1. The quantitative estimate of drug-likeness (QED) is 0.821. The second-order valence-electron chi connectivity index (χ2n) is 5.96. The van der Waals surface area contributed by atoms with Crippen molar-refractivity contribution >= 4 is 5.91 Å². The van der Waals surface area contributed by atoms with Crippen LogP contribution in [0, 0.1) is 5.82 Å². The lowest BCUT2D eigenvalue weighted by Crippen LogP contribution is -2.38. The molecule has 4 nitrogen and oxygen atoms in total. The monoisotopic (exact) mass is 308 g/mol. The van der Waals surface area contributed by atoms with Gasteiger partial charge >= 0.3 is 0 Å². The molecule has 5 heteroatoms. The van der Waals surface area contributed by atoms with Crippen LogP contribution in [0.1, 0.15) is 42.1 Å². The van der Waals surface area contributed by atoms with Crippen LogP contribution in [-0.2, 0) is 4.74 Å². The van der Waals surface area contributed by atoms with Crippen molar-refractivity contribution in [2.75, 3.05) is 39.4 Å². The summed E-state index contributed by atoms with van der Waals surface area (Å²) in [4.78, 5) is 14.3. The standard InChI is InChI=1S/C17H25FN2O2/c1-13(2)14-4-5-15(16(18)12-14)17(21)19-6-3-7-20-8-10-22-11-9-20/h4-5,12-13H,3,6-11H2,1-2H3,(H,19,21). The molecule has 122 valence electrons. The third kappa shape index (κ3) is 4.78. The zero-order chi connectivity index (χ0) is 15.9. The van der Waals surface area contributed by atoms with Gasteiger partial charge in [0.25, 0.3) is 5.91 Å². The van der Waals surface area contributed by atoms with Crippen LogP contribution in [0.2, 0.25) is 0 Å². The highest BCUT2D eigenvalue weighted by Gasteiger charge is 2.13. The molecule has 0 spiro atoms. The molecule has 1 aliphatic rings. The zero-order valence-electron chi connectivity index (χ0n) is 13.4. The Morgan fingerprint density at radius 2 is 2.09 bits per heavy atom. The zero-order valence-corrected chi connectivity index (χ0v) is 13.4. The Morgan fingerprint density at radius 3 is 2.73 bits per heavy atom. The molecule has 22 heavy (non-hydrogen) atoms. The van der Waals surface area contributed by atoms with Gasteiger partial charge in [-0.1, -0.05) is 19.9 Å². The lowest BCUT2D eigenvalue weighted by molar-refractivity contribution is 0.0374. The Morgan fingerprint density at radius 1 is 1.36 bits per heavy atom. The molecule has 1 amide bonds. The smallest absolute Gasteiger partial charge is 0.254 e. The van der Waals surface area contributed by atoms with Gasteiger partial charge in [-0.15, -0.1) is 0 Å². The number of carbonyl (C=O) groups is 1. The average molecular weight is 308 g/mol. The molecule has 0 atom stereocenters. The first-order valence-corrected chi connectivity index (χ1v) is 7.95. The number of ether oxygens (including phenoxy) is 1. The van der Waals surface area contributed by atoms with E-state index in [0.29, 0.717) is 6.54 Å². The molecule has 1 aromatic carbocycles. The summed E-state index contributed by atoms with van der Waals surface area (Å²) >= 11 is 0. The summed E-state index contributed by atoms with van der Waals surface area (Å²) in [7, 11) is 0. The van der Waals surface area contributed by atoms with Crippen molar-refractivity contribution in [3.8, 4) is 0 Å². The molecule has 1 aromatic rings. The van der Waals surface area contributed by atoms with Crippen LogP contribution in [0.25, 0.3) is 0 Å². The van der Waals surface area contributed by atoms with E-state index >= 15 is 0 Å². The van der Waals surface area contributed by atoms with Crippen molar-refractivity contribution in [1.29, 1.82) is 0 Å². The Bertz CT molecular complexity index is 499. The summed E-state index contributed by atoms with van der Waals surface area (Å²) in [5.74, 6) is -0.535. The number of carbonyl (C=O) groups excluding carboxylic acids is 1. The normalized spacial score (nSPS) is 16.0.